The highest BCUT2D eigenvalue weighted by Crippen LogP contribution is 2.50. The number of nitrogens with one attached hydrogen (secondary N) is 1. The van der Waals surface area contributed by atoms with Crippen LogP contribution in [0.25, 0.3) is 0 Å². The van der Waals surface area contributed by atoms with Crippen LogP contribution < -0.4 is 11.2 Å². The fourth-order valence-electron chi connectivity index (χ4n) is 3.84. The number of ether oxygens (including phenoxy) is 2. The van der Waals surface area contributed by atoms with Crippen molar-refractivity contribution < 1.29 is 43.8 Å². The van der Waals surface area contributed by atoms with Gasteiger partial charge in [-0.15, -0.1) is 0 Å². The van der Waals surface area contributed by atoms with Gasteiger partial charge in [0.05, 0.1) is 26.0 Å². The maximum Gasteiger partial charge on any atom is 0.330 e. The lowest BCUT2D eigenvalue weighted by Crippen LogP contribution is -2.64. The normalized spacial score (nSPS) is 39.9. The van der Waals surface area contributed by atoms with E-state index in [0.29, 0.717) is 4.57 Å². The summed E-state index contributed by atoms with van der Waals surface area (Å²) in [6.45, 7) is -2.62. The van der Waals surface area contributed by atoms with E-state index in [1.54, 1.807) is 0 Å². The number of alkyl halides is 2. The number of hydrogen-bond acceptors (Lipinski definition) is 9. The fraction of sp³-hybridized carbons (Fsp3) is 0.750. The van der Waals surface area contributed by atoms with Gasteiger partial charge in [-0.2, -0.15) is 0 Å². The number of rotatable bonds is 6. The Balaban J connectivity index is 2.25. The van der Waals surface area contributed by atoms with Crippen LogP contribution in [-0.4, -0.2) is 91.3 Å². The van der Waals surface area contributed by atoms with Crippen molar-refractivity contribution >= 4 is 0 Å². The van der Waals surface area contributed by atoms with E-state index in [-0.39, 0.29) is 5.56 Å². The van der Waals surface area contributed by atoms with E-state index in [9.17, 15) is 39.5 Å². The van der Waals surface area contributed by atoms with E-state index in [4.69, 9.17) is 9.47 Å². The molecule has 2 saturated heterocycles. The highest BCUT2D eigenvalue weighted by molar-refractivity contribution is 5.15. The Morgan fingerprint density at radius 1 is 1.24 bits per heavy atom. The van der Waals surface area contributed by atoms with E-state index >= 15 is 4.39 Å². The Labute approximate surface area is 161 Å². The second-order valence-electron chi connectivity index (χ2n) is 7.02. The molecule has 0 aliphatic carbocycles. The molecule has 1 aromatic rings. The van der Waals surface area contributed by atoms with E-state index < -0.39 is 86.1 Å². The van der Waals surface area contributed by atoms with Crippen molar-refractivity contribution in [1.29, 1.82) is 0 Å². The SMILES string of the molecule is O=c1[nH]c(=O)n([C@]2([C@H]3C[C@H](O)[C@@H](CO)O3)O[C@H](CO)[C@@H](O)[C@]2(O)F)cc1CCF. The number of aromatic nitrogens is 2. The molecule has 0 radical (unpaired) electrons. The van der Waals surface area contributed by atoms with E-state index in [0.717, 1.165) is 6.20 Å². The molecule has 2 aliphatic rings. The van der Waals surface area contributed by atoms with E-state index in [1.807, 2.05) is 4.98 Å². The molecule has 6 N–H and O–H groups in total. The van der Waals surface area contributed by atoms with Gasteiger partial charge in [0.15, 0.2) is 0 Å². The fourth-order valence-corrected chi connectivity index (χ4v) is 3.84. The molecule has 0 unspecified atom stereocenters. The van der Waals surface area contributed by atoms with Crippen molar-refractivity contribution in [3.63, 3.8) is 0 Å². The first-order chi connectivity index (χ1) is 13.6. The number of hydrogen-bond donors (Lipinski definition) is 6. The predicted octanol–water partition coefficient (Wildman–Crippen LogP) is -3.38. The molecule has 11 nitrogen and oxygen atoms in total. The van der Waals surface area contributed by atoms with Crippen molar-refractivity contribution in [2.75, 3.05) is 19.9 Å². The van der Waals surface area contributed by atoms with E-state index in [1.165, 1.54) is 0 Å². The summed E-state index contributed by atoms with van der Waals surface area (Å²) in [5.74, 6) is -3.75. The molecule has 2 aliphatic heterocycles. The number of aromatic amines is 1. The first-order valence-corrected chi connectivity index (χ1v) is 8.87. The van der Waals surface area contributed by atoms with Gasteiger partial charge in [-0.05, 0) is 0 Å². The monoisotopic (exact) mass is 424 g/mol. The maximum atomic E-state index is 15.6. The van der Waals surface area contributed by atoms with Crippen molar-refractivity contribution in [2.45, 2.75) is 54.9 Å². The van der Waals surface area contributed by atoms with Crippen LogP contribution in [0.3, 0.4) is 0 Å². The predicted molar refractivity (Wildman–Crippen MR) is 89.4 cm³/mol. The minimum absolute atomic E-state index is 0.287. The molecule has 1 aromatic heterocycles. The van der Waals surface area contributed by atoms with Crippen LogP contribution in [0.15, 0.2) is 15.8 Å². The smallest absolute Gasteiger partial charge is 0.330 e. The van der Waals surface area contributed by atoms with Gasteiger partial charge < -0.3 is 35.0 Å². The van der Waals surface area contributed by atoms with Crippen LogP contribution in [0, 0.1) is 0 Å². The Morgan fingerprint density at radius 3 is 2.41 bits per heavy atom. The van der Waals surface area contributed by atoms with Crippen LogP contribution in [0.2, 0.25) is 0 Å². The number of H-pyrrole nitrogens is 1. The van der Waals surface area contributed by atoms with Crippen LogP contribution in [0.1, 0.15) is 12.0 Å². The third kappa shape index (κ3) is 3.22. The molecule has 0 spiro atoms. The summed E-state index contributed by atoms with van der Waals surface area (Å²) < 4.78 is 39.6. The molecule has 0 amide bonds. The number of aryl methyl sites for hydroxylation is 1. The van der Waals surface area contributed by atoms with Crippen LogP contribution >= 0.6 is 0 Å². The van der Waals surface area contributed by atoms with Crippen molar-refractivity contribution in [1.82, 2.24) is 9.55 Å². The van der Waals surface area contributed by atoms with Gasteiger partial charge in [0.1, 0.15) is 24.4 Å². The summed E-state index contributed by atoms with van der Waals surface area (Å²) in [5, 5.41) is 49.5. The van der Waals surface area contributed by atoms with Crippen molar-refractivity contribution in [3.05, 3.63) is 32.6 Å². The molecular formula is C16H22F2N2O9. The molecule has 2 fully saturated rings. The molecular weight excluding hydrogens is 402 g/mol. The standard InChI is InChI=1S/C16H22F2N2O9/c17-2-1-7-4-20(14(26)19-13(7)25)16(11-3-8(23)9(5-21)28-11)15(18,27)12(24)10(6-22)29-16/h4,8-12,21-24,27H,1-3,5-6H2,(H,19,25,26)/t8-,9+,10+,11+,12+,15+,16+/m0/s1. The maximum absolute atomic E-state index is 15.6. The number of nitrogens with zero attached hydrogens (tertiary/aromatic N) is 1. The van der Waals surface area contributed by atoms with Crippen LogP contribution in [-0.2, 0) is 21.6 Å². The van der Waals surface area contributed by atoms with Crippen molar-refractivity contribution in [2.24, 2.45) is 0 Å². The molecule has 3 rings (SSSR count). The Bertz CT molecular complexity index is 860. The van der Waals surface area contributed by atoms with Crippen LogP contribution in [0.5, 0.6) is 0 Å². The lowest BCUT2D eigenvalue weighted by atomic mass is 9.91. The topological polar surface area (TPSA) is 174 Å². The molecule has 0 aromatic carbocycles. The number of aliphatic hydroxyl groups is 5. The summed E-state index contributed by atoms with van der Waals surface area (Å²) in [6.07, 6.45) is -8.37. The van der Waals surface area contributed by atoms with Gasteiger partial charge >= 0.3 is 5.69 Å². The Morgan fingerprint density at radius 2 is 1.90 bits per heavy atom. The summed E-state index contributed by atoms with van der Waals surface area (Å²) in [7, 11) is 0. The highest BCUT2D eigenvalue weighted by atomic mass is 19.2. The molecule has 29 heavy (non-hydrogen) atoms. The molecule has 3 heterocycles. The van der Waals surface area contributed by atoms with Gasteiger partial charge in [0.2, 0.25) is 5.72 Å². The zero-order valence-electron chi connectivity index (χ0n) is 15.1. The molecule has 164 valence electrons. The molecule has 0 saturated carbocycles. The average Bonchev–Trinajstić information content (AvgIpc) is 3.14. The quantitative estimate of drug-likeness (QED) is 0.272. The van der Waals surface area contributed by atoms with Gasteiger partial charge in [-0.25, -0.2) is 9.18 Å². The van der Waals surface area contributed by atoms with Gasteiger partial charge in [0, 0.05) is 24.6 Å². The molecule has 13 heteroatoms. The van der Waals surface area contributed by atoms with Gasteiger partial charge in [0.25, 0.3) is 11.4 Å². The third-order valence-corrected chi connectivity index (χ3v) is 5.34. The minimum Gasteiger partial charge on any atom is -0.394 e. The number of aliphatic hydroxyl groups excluding tert-OH is 4. The highest BCUT2D eigenvalue weighted by Gasteiger charge is 2.73. The Kier molecular flexibility index (Phi) is 5.93. The molecule has 0 bridgehead atoms. The average molecular weight is 424 g/mol. The summed E-state index contributed by atoms with van der Waals surface area (Å²) >= 11 is 0. The first-order valence-electron chi connectivity index (χ1n) is 8.87. The number of halogens is 2. The zero-order chi connectivity index (χ0) is 21.6. The van der Waals surface area contributed by atoms with Gasteiger partial charge in [-0.1, -0.05) is 0 Å². The lowest BCUT2D eigenvalue weighted by Gasteiger charge is -2.41. The summed E-state index contributed by atoms with van der Waals surface area (Å²) in [4.78, 5) is 26.3. The molecule has 7 atom stereocenters. The second-order valence-corrected chi connectivity index (χ2v) is 7.02. The second kappa shape index (κ2) is 7.83. The van der Waals surface area contributed by atoms with Gasteiger partial charge in [-0.3, -0.25) is 18.7 Å². The third-order valence-electron chi connectivity index (χ3n) is 5.34. The first kappa shape index (κ1) is 22.0. The largest absolute Gasteiger partial charge is 0.394 e. The zero-order valence-corrected chi connectivity index (χ0v) is 15.1. The summed E-state index contributed by atoms with van der Waals surface area (Å²) in [6, 6.07) is 0. The van der Waals surface area contributed by atoms with Crippen LogP contribution in [0.4, 0.5) is 8.78 Å². The lowest BCUT2D eigenvalue weighted by molar-refractivity contribution is -0.301. The Hall–Kier alpha value is -1.74. The minimum atomic E-state index is -3.75. The van der Waals surface area contributed by atoms with Crippen molar-refractivity contribution in [3.8, 4) is 0 Å². The summed E-state index contributed by atoms with van der Waals surface area (Å²) in [5.41, 5.74) is -5.37. The van der Waals surface area contributed by atoms with E-state index in [2.05, 4.69) is 0 Å².